The topological polar surface area (TPSA) is 118 Å². The molecule has 0 spiro atoms. The molecule has 1 aromatic heterocycles. The second-order valence-electron chi connectivity index (χ2n) is 6.83. The van der Waals surface area contributed by atoms with E-state index in [2.05, 4.69) is 15.5 Å². The molecule has 0 saturated heterocycles. The van der Waals surface area contributed by atoms with E-state index < -0.39 is 17.1 Å². The number of aromatic hydroxyl groups is 1. The van der Waals surface area contributed by atoms with E-state index in [1.807, 2.05) is 12.1 Å². The lowest BCUT2D eigenvalue weighted by atomic mass is 9.99. The second kappa shape index (κ2) is 8.19. The van der Waals surface area contributed by atoms with Crippen LogP contribution in [0.2, 0.25) is 5.02 Å². The van der Waals surface area contributed by atoms with Gasteiger partial charge in [-0.2, -0.15) is 5.10 Å². The third-order valence-electron chi connectivity index (χ3n) is 5.02. The zero-order chi connectivity index (χ0) is 22.1. The van der Waals surface area contributed by atoms with Crippen molar-refractivity contribution in [3.8, 4) is 23.1 Å². The molecule has 2 aromatic carbocycles. The highest BCUT2D eigenvalue weighted by molar-refractivity contribution is 6.30. The van der Waals surface area contributed by atoms with Gasteiger partial charge in [-0.1, -0.05) is 17.7 Å². The van der Waals surface area contributed by atoms with Gasteiger partial charge in [0.15, 0.2) is 11.5 Å². The summed E-state index contributed by atoms with van der Waals surface area (Å²) < 4.78 is 11.6. The van der Waals surface area contributed by atoms with Crippen molar-refractivity contribution in [3.63, 3.8) is 0 Å². The van der Waals surface area contributed by atoms with Crippen LogP contribution in [0.15, 0.2) is 57.2 Å². The molecule has 0 amide bonds. The van der Waals surface area contributed by atoms with Crippen molar-refractivity contribution in [3.05, 3.63) is 79.5 Å². The van der Waals surface area contributed by atoms with Crippen LogP contribution >= 0.6 is 11.6 Å². The first-order valence-corrected chi connectivity index (χ1v) is 9.69. The molecule has 3 aromatic rings. The fourth-order valence-corrected chi connectivity index (χ4v) is 3.60. The van der Waals surface area contributed by atoms with Crippen molar-refractivity contribution >= 4 is 17.3 Å². The van der Waals surface area contributed by atoms with Crippen LogP contribution in [0, 0.1) is 0 Å². The maximum atomic E-state index is 12.5. The Bertz CT molecular complexity index is 1280. The van der Waals surface area contributed by atoms with Crippen molar-refractivity contribution in [2.75, 3.05) is 14.2 Å². The summed E-state index contributed by atoms with van der Waals surface area (Å²) in [5, 5.41) is 15.5. The normalized spacial score (nSPS) is 15.3. The molecule has 10 heteroatoms. The Morgan fingerprint density at radius 3 is 2.48 bits per heavy atom. The molecule has 4 rings (SSSR count). The third-order valence-corrected chi connectivity index (χ3v) is 5.27. The van der Waals surface area contributed by atoms with E-state index in [4.69, 9.17) is 21.1 Å². The summed E-state index contributed by atoms with van der Waals surface area (Å²) >= 11 is 5.90. The number of halogens is 1. The van der Waals surface area contributed by atoms with Gasteiger partial charge in [-0.15, -0.1) is 0 Å². The van der Waals surface area contributed by atoms with Gasteiger partial charge in [0.05, 0.1) is 31.7 Å². The number of rotatable bonds is 5. The molecule has 3 N–H and O–H groups in total. The van der Waals surface area contributed by atoms with E-state index in [1.165, 1.54) is 0 Å². The minimum absolute atomic E-state index is 0.0787. The quantitative estimate of drug-likeness (QED) is 0.558. The van der Waals surface area contributed by atoms with Crippen molar-refractivity contribution in [1.29, 1.82) is 0 Å². The van der Waals surface area contributed by atoms with Crippen LogP contribution in [-0.2, 0) is 0 Å². The number of hydrogen-bond acceptors (Lipinski definition) is 7. The molecule has 31 heavy (non-hydrogen) atoms. The fraction of sp³-hybridized carbons (Fsp3) is 0.190. The Hall–Kier alpha value is -3.72. The van der Waals surface area contributed by atoms with Gasteiger partial charge < -0.3 is 20.0 Å². The first-order chi connectivity index (χ1) is 14.9. The molecule has 0 saturated carbocycles. The predicted octanol–water partition coefficient (Wildman–Crippen LogP) is 2.34. The minimum Gasteiger partial charge on any atom is -0.493 e. The number of hydrazone groups is 1. The average Bonchev–Trinajstić information content (AvgIpc) is 3.24. The summed E-state index contributed by atoms with van der Waals surface area (Å²) in [6.45, 7) is 0. The van der Waals surface area contributed by atoms with Gasteiger partial charge in [-0.05, 0) is 42.0 Å². The first-order valence-electron chi connectivity index (χ1n) is 9.31. The minimum atomic E-state index is -0.767. The molecule has 2 heterocycles. The number of aromatic nitrogens is 2. The number of hydrogen-bond donors (Lipinski definition) is 3. The number of methoxy groups -OCH3 is 2. The standard InChI is InChI=1S/C21H19ClN4O5/c1-30-16-8-3-11(9-17(16)31-2)14-10-15(25-24-14)18-19(27)23-21(29)26(20(18)28)13-6-4-12(22)5-7-13/h3-9,14,24,28H,10H2,1-2H3,(H,23,27,29)/t14-/m0/s1. The number of nitrogens with zero attached hydrogens (tertiary/aromatic N) is 2. The van der Waals surface area contributed by atoms with E-state index in [-0.39, 0.29) is 11.6 Å². The summed E-state index contributed by atoms with van der Waals surface area (Å²) in [5.74, 6) is 0.659. The van der Waals surface area contributed by atoms with Gasteiger partial charge in [-0.25, -0.2) is 9.36 Å². The monoisotopic (exact) mass is 442 g/mol. The molecule has 0 aliphatic carbocycles. The molecule has 0 fully saturated rings. The molecule has 0 radical (unpaired) electrons. The highest BCUT2D eigenvalue weighted by atomic mass is 35.5. The smallest absolute Gasteiger partial charge is 0.335 e. The Kier molecular flexibility index (Phi) is 5.43. The summed E-state index contributed by atoms with van der Waals surface area (Å²) in [4.78, 5) is 27.1. The highest BCUT2D eigenvalue weighted by Gasteiger charge is 2.28. The molecule has 9 nitrogen and oxygen atoms in total. The maximum absolute atomic E-state index is 12.5. The molecule has 0 bridgehead atoms. The molecular weight excluding hydrogens is 424 g/mol. The van der Waals surface area contributed by atoms with Crippen molar-refractivity contribution in [1.82, 2.24) is 15.0 Å². The van der Waals surface area contributed by atoms with Crippen molar-refractivity contribution in [2.24, 2.45) is 5.10 Å². The lowest BCUT2D eigenvalue weighted by Gasteiger charge is -2.14. The lowest BCUT2D eigenvalue weighted by molar-refractivity contribution is 0.354. The largest absolute Gasteiger partial charge is 0.493 e. The number of aromatic amines is 1. The first kappa shape index (κ1) is 20.5. The van der Waals surface area contributed by atoms with Crippen LogP contribution in [0.1, 0.15) is 23.6 Å². The van der Waals surface area contributed by atoms with E-state index in [1.54, 1.807) is 44.6 Å². The number of H-pyrrole nitrogens is 1. The molecular formula is C21H19ClN4O5. The van der Waals surface area contributed by atoms with Crippen LogP contribution in [0.4, 0.5) is 0 Å². The third kappa shape index (κ3) is 3.75. The summed E-state index contributed by atoms with van der Waals surface area (Å²) in [5.41, 5.74) is 2.94. The van der Waals surface area contributed by atoms with Crippen LogP contribution in [0.3, 0.4) is 0 Å². The lowest BCUT2D eigenvalue weighted by Crippen LogP contribution is -2.33. The Balaban J connectivity index is 1.70. The van der Waals surface area contributed by atoms with E-state index in [9.17, 15) is 14.7 Å². The molecule has 1 atom stereocenters. The van der Waals surface area contributed by atoms with Gasteiger partial charge in [0.25, 0.3) is 5.56 Å². The summed E-state index contributed by atoms with van der Waals surface area (Å²) in [6, 6.07) is 11.5. The van der Waals surface area contributed by atoms with Gasteiger partial charge in [-0.3, -0.25) is 9.78 Å². The van der Waals surface area contributed by atoms with Gasteiger partial charge in [0.2, 0.25) is 5.88 Å². The maximum Gasteiger partial charge on any atom is 0.335 e. The van der Waals surface area contributed by atoms with E-state index >= 15 is 0 Å². The number of nitrogens with one attached hydrogen (secondary N) is 2. The van der Waals surface area contributed by atoms with Gasteiger partial charge in [0, 0.05) is 11.4 Å². The van der Waals surface area contributed by atoms with Crippen molar-refractivity contribution < 1.29 is 14.6 Å². The Morgan fingerprint density at radius 2 is 1.81 bits per heavy atom. The Morgan fingerprint density at radius 1 is 1.10 bits per heavy atom. The van der Waals surface area contributed by atoms with Crippen LogP contribution in [-0.4, -0.2) is 34.6 Å². The van der Waals surface area contributed by atoms with Crippen LogP contribution in [0.5, 0.6) is 17.4 Å². The SMILES string of the molecule is COc1ccc([C@@H]2CC(c3c(O)n(-c4ccc(Cl)cc4)c(=O)[nH]c3=O)=NN2)cc1OC. The van der Waals surface area contributed by atoms with Gasteiger partial charge >= 0.3 is 5.69 Å². The molecule has 1 aliphatic heterocycles. The molecule has 0 unspecified atom stereocenters. The molecule has 160 valence electrons. The number of benzene rings is 2. The predicted molar refractivity (Wildman–Crippen MR) is 116 cm³/mol. The summed E-state index contributed by atoms with van der Waals surface area (Å²) in [6.07, 6.45) is 0.310. The molecule has 1 aliphatic rings. The zero-order valence-corrected chi connectivity index (χ0v) is 17.4. The van der Waals surface area contributed by atoms with E-state index in [0.717, 1.165) is 10.1 Å². The fourth-order valence-electron chi connectivity index (χ4n) is 3.48. The second-order valence-corrected chi connectivity index (χ2v) is 7.26. The highest BCUT2D eigenvalue weighted by Crippen LogP contribution is 2.33. The van der Waals surface area contributed by atoms with Crippen LogP contribution < -0.4 is 26.1 Å². The van der Waals surface area contributed by atoms with Crippen LogP contribution in [0.25, 0.3) is 5.69 Å². The average molecular weight is 443 g/mol. The Labute approximate surface area is 181 Å². The van der Waals surface area contributed by atoms with E-state index in [0.29, 0.717) is 34.3 Å². The van der Waals surface area contributed by atoms with Gasteiger partial charge in [0.1, 0.15) is 5.56 Å². The summed E-state index contributed by atoms with van der Waals surface area (Å²) in [7, 11) is 3.10. The number of ether oxygens (including phenoxy) is 2. The zero-order valence-electron chi connectivity index (χ0n) is 16.7. The van der Waals surface area contributed by atoms with Crippen molar-refractivity contribution in [2.45, 2.75) is 12.5 Å².